The fraction of sp³-hybridized carbons (Fsp3) is 0.273. The quantitative estimate of drug-likeness (QED) is 0.130. The van der Waals surface area contributed by atoms with Crippen molar-refractivity contribution in [2.45, 2.75) is 31.5 Å². The zero-order valence-corrected chi connectivity index (χ0v) is 21.1. The van der Waals surface area contributed by atoms with E-state index < -0.39 is 41.5 Å². The van der Waals surface area contributed by atoms with Crippen LogP contribution in [0.3, 0.4) is 0 Å². The molecular formula is C22H26N8O8S. The van der Waals surface area contributed by atoms with Crippen LogP contribution in [-0.2, 0) is 20.9 Å². The third-order valence-electron chi connectivity index (χ3n) is 4.87. The average Bonchev–Trinajstić information content (AvgIpc) is 2.89. The van der Waals surface area contributed by atoms with Crippen molar-refractivity contribution in [3.63, 3.8) is 0 Å². The van der Waals surface area contributed by atoms with Gasteiger partial charge in [-0.3, -0.25) is 24.2 Å². The number of rotatable bonds is 11. The van der Waals surface area contributed by atoms with Crippen LogP contribution in [0, 0.1) is 0 Å². The summed E-state index contributed by atoms with van der Waals surface area (Å²) in [4.78, 5) is 70.3. The number of nitrogens with two attached hydrogens (primary N) is 2. The van der Waals surface area contributed by atoms with Crippen LogP contribution in [0.2, 0.25) is 0 Å². The zero-order valence-electron chi connectivity index (χ0n) is 20.2. The van der Waals surface area contributed by atoms with Crippen LogP contribution in [0.15, 0.2) is 35.3 Å². The van der Waals surface area contributed by atoms with Gasteiger partial charge in [0.1, 0.15) is 12.1 Å². The van der Waals surface area contributed by atoms with Gasteiger partial charge >= 0.3 is 17.9 Å². The van der Waals surface area contributed by atoms with Crippen LogP contribution < -0.4 is 27.7 Å². The van der Waals surface area contributed by atoms with Crippen molar-refractivity contribution in [3.05, 3.63) is 52.1 Å². The van der Waals surface area contributed by atoms with Gasteiger partial charge in [0.25, 0.3) is 11.5 Å². The Morgan fingerprint density at radius 2 is 1.72 bits per heavy atom. The van der Waals surface area contributed by atoms with Crippen LogP contribution in [0.5, 0.6) is 0 Å². The molecule has 17 heteroatoms. The van der Waals surface area contributed by atoms with Gasteiger partial charge in [0.05, 0.1) is 18.4 Å². The van der Waals surface area contributed by atoms with E-state index in [2.05, 4.69) is 43.2 Å². The van der Waals surface area contributed by atoms with Gasteiger partial charge in [-0.15, -0.1) is 0 Å². The molecule has 0 saturated carbocycles. The maximum absolute atomic E-state index is 12.3. The predicted octanol–water partition coefficient (Wildman–Crippen LogP) is -0.717. The van der Waals surface area contributed by atoms with Gasteiger partial charge in [0.2, 0.25) is 5.95 Å². The Balaban J connectivity index is 0.000000673. The lowest BCUT2D eigenvalue weighted by molar-refractivity contribution is -0.141. The van der Waals surface area contributed by atoms with E-state index in [9.17, 15) is 24.0 Å². The fourth-order valence-corrected chi connectivity index (χ4v) is 2.99. The number of aliphatic carboxylic acids is 3. The predicted molar refractivity (Wildman–Crippen MR) is 141 cm³/mol. The summed E-state index contributed by atoms with van der Waals surface area (Å²) in [6.07, 6.45) is 0.840. The Hall–Kier alpha value is -4.77. The zero-order chi connectivity index (χ0) is 29.1. The fourth-order valence-electron chi connectivity index (χ4n) is 2.83. The molecule has 0 radical (unpaired) electrons. The monoisotopic (exact) mass is 562 g/mol. The van der Waals surface area contributed by atoms with Gasteiger partial charge < -0.3 is 37.4 Å². The number of anilines is 2. The number of aromatic amines is 1. The number of benzene rings is 1. The Bertz CT molecular complexity index is 1400. The molecule has 10 N–H and O–H groups in total. The third kappa shape index (κ3) is 9.56. The molecule has 2 atom stereocenters. The molecule has 1 unspecified atom stereocenters. The molecule has 0 saturated heterocycles. The number of H-pyrrole nitrogens is 1. The van der Waals surface area contributed by atoms with Crippen LogP contribution >= 0.6 is 12.6 Å². The second-order valence-electron chi connectivity index (χ2n) is 7.84. The van der Waals surface area contributed by atoms with Gasteiger partial charge in [0, 0.05) is 23.4 Å². The Morgan fingerprint density at radius 1 is 1.05 bits per heavy atom. The van der Waals surface area contributed by atoms with E-state index in [1.165, 1.54) is 18.3 Å². The molecule has 39 heavy (non-hydrogen) atoms. The molecule has 16 nitrogen and oxygen atoms in total. The third-order valence-corrected chi connectivity index (χ3v) is 5.26. The maximum atomic E-state index is 12.3. The van der Waals surface area contributed by atoms with E-state index in [0.717, 1.165) is 0 Å². The first-order valence-corrected chi connectivity index (χ1v) is 11.7. The maximum Gasteiger partial charge on any atom is 0.326 e. The van der Waals surface area contributed by atoms with E-state index in [-0.39, 0.29) is 47.8 Å². The topological polar surface area (TPSA) is 277 Å². The second-order valence-corrected chi connectivity index (χ2v) is 8.20. The molecule has 3 rings (SSSR count). The summed E-state index contributed by atoms with van der Waals surface area (Å²) in [5.74, 6) is -3.97. The first-order chi connectivity index (χ1) is 18.4. The van der Waals surface area contributed by atoms with Crippen molar-refractivity contribution < 1.29 is 34.5 Å². The van der Waals surface area contributed by atoms with Gasteiger partial charge in [-0.2, -0.15) is 17.6 Å². The highest BCUT2D eigenvalue weighted by molar-refractivity contribution is 7.80. The summed E-state index contributed by atoms with van der Waals surface area (Å²) in [5.41, 5.74) is 11.4. The minimum atomic E-state index is -1.31. The normalized spacial score (nSPS) is 11.9. The number of nitrogens with one attached hydrogen (secondary N) is 3. The summed E-state index contributed by atoms with van der Waals surface area (Å²) in [7, 11) is 0. The number of carboxylic acid groups (broad SMARTS) is 3. The molecule has 0 aliphatic rings. The van der Waals surface area contributed by atoms with E-state index >= 15 is 0 Å². The highest BCUT2D eigenvalue weighted by Gasteiger charge is 2.21. The number of nitrogens with zero attached hydrogens (tertiary/aromatic N) is 3. The molecule has 0 aliphatic carbocycles. The SMILES string of the molecule is N[C@@H](CS)C(=O)O.Nc1nc2ncc(CNc3ccc(C(=O)NC(CCC(=O)O)C(=O)O)cc3)nc2c(=O)[nH]1. The second kappa shape index (κ2) is 14.2. The number of amides is 1. The van der Waals surface area contributed by atoms with Crippen LogP contribution in [-0.4, -0.2) is 76.9 Å². The van der Waals surface area contributed by atoms with Gasteiger partial charge in [-0.1, -0.05) is 0 Å². The highest BCUT2D eigenvalue weighted by Crippen LogP contribution is 2.12. The summed E-state index contributed by atoms with van der Waals surface area (Å²) in [6, 6.07) is 4.05. The highest BCUT2D eigenvalue weighted by atomic mass is 32.1. The molecular weight excluding hydrogens is 536 g/mol. The number of hydrogen-bond donors (Lipinski definition) is 9. The number of hydrogen-bond acceptors (Lipinski definition) is 12. The largest absolute Gasteiger partial charge is 0.481 e. The summed E-state index contributed by atoms with van der Waals surface area (Å²) in [5, 5.41) is 31.2. The summed E-state index contributed by atoms with van der Waals surface area (Å²) < 4.78 is 0. The average molecular weight is 563 g/mol. The number of thiol groups is 1. The van der Waals surface area contributed by atoms with Crippen LogP contribution in [0.4, 0.5) is 11.6 Å². The molecule has 0 aliphatic heterocycles. The Kier molecular flexibility index (Phi) is 11.1. The number of nitrogen functional groups attached to an aromatic ring is 1. The van der Waals surface area contributed by atoms with Crippen molar-refractivity contribution >= 4 is 59.2 Å². The van der Waals surface area contributed by atoms with Crippen molar-refractivity contribution in [1.29, 1.82) is 0 Å². The van der Waals surface area contributed by atoms with Gasteiger partial charge in [-0.25, -0.2) is 14.8 Å². The molecule has 0 fully saturated rings. The molecule has 208 valence electrons. The molecule has 2 heterocycles. The minimum Gasteiger partial charge on any atom is -0.481 e. The van der Waals surface area contributed by atoms with Crippen molar-refractivity contribution in [3.8, 4) is 0 Å². The number of carbonyl (C=O) groups is 4. The van der Waals surface area contributed by atoms with E-state index in [1.54, 1.807) is 12.1 Å². The molecule has 1 amide bonds. The lowest BCUT2D eigenvalue weighted by Gasteiger charge is -2.14. The molecule has 1 aromatic carbocycles. The summed E-state index contributed by atoms with van der Waals surface area (Å²) in [6.45, 7) is 0.231. The van der Waals surface area contributed by atoms with Gasteiger partial charge in [-0.05, 0) is 30.7 Å². The van der Waals surface area contributed by atoms with E-state index in [1.807, 2.05) is 0 Å². The lowest BCUT2D eigenvalue weighted by Crippen LogP contribution is -2.41. The van der Waals surface area contributed by atoms with Crippen molar-refractivity contribution in [2.24, 2.45) is 5.73 Å². The number of carbonyl (C=O) groups excluding carboxylic acids is 1. The van der Waals surface area contributed by atoms with Crippen molar-refractivity contribution in [2.75, 3.05) is 16.8 Å². The first-order valence-electron chi connectivity index (χ1n) is 11.1. The van der Waals surface area contributed by atoms with Crippen LogP contribution in [0.1, 0.15) is 28.9 Å². The minimum absolute atomic E-state index is 0.0524. The van der Waals surface area contributed by atoms with Gasteiger partial charge in [0.15, 0.2) is 11.2 Å². The number of fused-ring (bicyclic) bond motifs is 1. The smallest absolute Gasteiger partial charge is 0.326 e. The molecule has 2 aromatic heterocycles. The lowest BCUT2D eigenvalue weighted by atomic mass is 10.1. The number of carboxylic acids is 3. The molecule has 0 spiro atoms. The first kappa shape index (κ1) is 30.5. The Labute approximate surface area is 225 Å². The molecule has 0 bridgehead atoms. The summed E-state index contributed by atoms with van der Waals surface area (Å²) >= 11 is 3.65. The Morgan fingerprint density at radius 3 is 2.26 bits per heavy atom. The van der Waals surface area contributed by atoms with Crippen LogP contribution in [0.25, 0.3) is 11.2 Å². The van der Waals surface area contributed by atoms with Crippen molar-refractivity contribution in [1.82, 2.24) is 25.3 Å². The standard InChI is InChI=1S/C19H19N7O6.C3H7NO2S/c20-19-25-15-14(17(30)26-19)23-11(8-22-15)7-21-10-3-1-9(2-4-10)16(29)24-12(18(31)32)5-6-13(27)28;4-2(1-7)3(5)6/h1-4,8,12,21H,5-7H2,(H,24,29)(H,27,28)(H,31,32)(H3,20,22,25,26,30);2,7H,1,4H2,(H,5,6)/t;2-/m.0/s1. The van der Waals surface area contributed by atoms with E-state index in [0.29, 0.717) is 11.4 Å². The van der Waals surface area contributed by atoms with E-state index in [4.69, 9.17) is 26.8 Å². The number of aromatic nitrogens is 4. The molecule has 3 aromatic rings.